The van der Waals surface area contributed by atoms with E-state index in [2.05, 4.69) is 17.0 Å². The lowest BCUT2D eigenvalue weighted by molar-refractivity contribution is 0.0737. The Morgan fingerprint density at radius 3 is 2.67 bits per heavy atom. The lowest BCUT2D eigenvalue weighted by Gasteiger charge is -2.17. The maximum atomic E-state index is 10.2. The molecule has 21 heavy (non-hydrogen) atoms. The van der Waals surface area contributed by atoms with E-state index in [9.17, 15) is 5.11 Å². The molecule has 1 fully saturated rings. The maximum absolute atomic E-state index is 10.2. The smallest absolute Gasteiger partial charge is 0.138 e. The normalized spacial score (nSPS) is 22.4. The van der Waals surface area contributed by atoms with Crippen molar-refractivity contribution in [1.82, 2.24) is 4.90 Å². The second kappa shape index (κ2) is 6.48. The Kier molecular flexibility index (Phi) is 4.44. The number of likely N-dealkylation sites (tertiary alicyclic amines) is 1. The quantitative estimate of drug-likeness (QED) is 0.942. The number of ether oxygens (including phenoxy) is 1. The molecule has 2 unspecified atom stereocenters. The minimum atomic E-state index is -0.479. The molecule has 0 aromatic heterocycles. The third kappa shape index (κ3) is 3.76. The van der Waals surface area contributed by atoms with Crippen molar-refractivity contribution >= 4 is 11.6 Å². The van der Waals surface area contributed by atoms with Gasteiger partial charge in [-0.3, -0.25) is 4.90 Å². The molecule has 0 saturated carbocycles. The second-order valence-electron chi connectivity index (χ2n) is 5.36. The van der Waals surface area contributed by atoms with Gasteiger partial charge in [-0.15, -0.1) is 0 Å². The van der Waals surface area contributed by atoms with Crippen LogP contribution >= 0.6 is 11.6 Å². The zero-order valence-electron chi connectivity index (χ0n) is 11.7. The molecule has 0 spiro atoms. The van der Waals surface area contributed by atoms with Gasteiger partial charge in [0.05, 0.1) is 0 Å². The van der Waals surface area contributed by atoms with Crippen molar-refractivity contribution in [2.45, 2.75) is 18.8 Å². The summed E-state index contributed by atoms with van der Waals surface area (Å²) in [5, 5.41) is 10.8. The number of hydrogen-bond acceptors (Lipinski definition) is 3. The number of aliphatic hydroxyl groups is 1. The highest BCUT2D eigenvalue weighted by Gasteiger charge is 2.32. The SMILES string of the molecule is OC1CN(Cc2ccccc2)CC1Oc1cccc(Cl)c1. The van der Waals surface area contributed by atoms with Crippen LogP contribution in [0, 0.1) is 0 Å². The first-order valence-electron chi connectivity index (χ1n) is 7.07. The van der Waals surface area contributed by atoms with Crippen LogP contribution in [0.15, 0.2) is 54.6 Å². The summed E-state index contributed by atoms with van der Waals surface area (Å²) < 4.78 is 5.86. The first-order chi connectivity index (χ1) is 10.2. The van der Waals surface area contributed by atoms with Crippen molar-refractivity contribution in [1.29, 1.82) is 0 Å². The van der Waals surface area contributed by atoms with Gasteiger partial charge in [-0.1, -0.05) is 48.0 Å². The van der Waals surface area contributed by atoms with E-state index < -0.39 is 6.10 Å². The van der Waals surface area contributed by atoms with Gasteiger partial charge in [-0.25, -0.2) is 0 Å². The number of rotatable bonds is 4. The second-order valence-corrected chi connectivity index (χ2v) is 5.80. The average Bonchev–Trinajstić information content (AvgIpc) is 2.80. The largest absolute Gasteiger partial charge is 0.486 e. The minimum absolute atomic E-state index is 0.216. The van der Waals surface area contributed by atoms with Gasteiger partial charge < -0.3 is 9.84 Å². The van der Waals surface area contributed by atoms with E-state index in [0.29, 0.717) is 23.9 Å². The van der Waals surface area contributed by atoms with Crippen LogP contribution in [0.4, 0.5) is 0 Å². The van der Waals surface area contributed by atoms with Crippen LogP contribution in [0.5, 0.6) is 5.75 Å². The van der Waals surface area contributed by atoms with Crippen molar-refractivity contribution in [3.05, 3.63) is 65.2 Å². The molecular formula is C17H18ClNO2. The highest BCUT2D eigenvalue weighted by Crippen LogP contribution is 2.22. The molecule has 3 rings (SSSR count). The van der Waals surface area contributed by atoms with E-state index >= 15 is 0 Å². The summed E-state index contributed by atoms with van der Waals surface area (Å²) in [5.41, 5.74) is 1.24. The Labute approximate surface area is 129 Å². The molecule has 2 atom stereocenters. The molecule has 0 bridgehead atoms. The van der Waals surface area contributed by atoms with Gasteiger partial charge >= 0.3 is 0 Å². The zero-order chi connectivity index (χ0) is 14.7. The highest BCUT2D eigenvalue weighted by molar-refractivity contribution is 6.30. The van der Waals surface area contributed by atoms with Gasteiger partial charge in [0.25, 0.3) is 0 Å². The van der Waals surface area contributed by atoms with Crippen molar-refractivity contribution in [3.63, 3.8) is 0 Å². The predicted octanol–water partition coefficient (Wildman–Crippen LogP) is 2.96. The third-order valence-corrected chi connectivity index (χ3v) is 3.88. The summed E-state index contributed by atoms with van der Waals surface area (Å²) in [6.07, 6.45) is -0.695. The molecule has 1 saturated heterocycles. The topological polar surface area (TPSA) is 32.7 Å². The van der Waals surface area contributed by atoms with Gasteiger partial charge in [0.1, 0.15) is 18.0 Å². The predicted molar refractivity (Wildman–Crippen MR) is 83.6 cm³/mol. The van der Waals surface area contributed by atoms with Crippen molar-refractivity contribution in [3.8, 4) is 5.75 Å². The number of hydrogen-bond donors (Lipinski definition) is 1. The molecule has 3 nitrogen and oxygen atoms in total. The van der Waals surface area contributed by atoms with Crippen LogP contribution in [-0.2, 0) is 6.54 Å². The van der Waals surface area contributed by atoms with E-state index in [4.69, 9.17) is 16.3 Å². The molecule has 1 heterocycles. The van der Waals surface area contributed by atoms with Crippen molar-refractivity contribution in [2.75, 3.05) is 13.1 Å². The summed E-state index contributed by atoms with van der Waals surface area (Å²) in [6, 6.07) is 17.5. The Balaban J connectivity index is 1.61. The number of β-amino-alcohol motifs (C(OH)–C–C–N with tert-alkyl or cyclic N) is 1. The third-order valence-electron chi connectivity index (χ3n) is 3.65. The van der Waals surface area contributed by atoms with Gasteiger partial charge in [-0.05, 0) is 23.8 Å². The molecule has 2 aromatic carbocycles. The van der Waals surface area contributed by atoms with E-state index in [1.54, 1.807) is 12.1 Å². The molecule has 4 heteroatoms. The van der Waals surface area contributed by atoms with Gasteiger partial charge in [0, 0.05) is 24.7 Å². The Bertz CT molecular complexity index is 590. The highest BCUT2D eigenvalue weighted by atomic mass is 35.5. The fourth-order valence-electron chi connectivity index (χ4n) is 2.63. The number of nitrogens with zero attached hydrogens (tertiary/aromatic N) is 1. The van der Waals surface area contributed by atoms with Crippen molar-refractivity contribution in [2.24, 2.45) is 0 Å². The minimum Gasteiger partial charge on any atom is -0.486 e. The van der Waals surface area contributed by atoms with E-state index in [-0.39, 0.29) is 6.10 Å². The van der Waals surface area contributed by atoms with Gasteiger partial charge in [0.2, 0.25) is 0 Å². The molecule has 110 valence electrons. The first-order valence-corrected chi connectivity index (χ1v) is 7.45. The lowest BCUT2D eigenvalue weighted by atomic mass is 10.2. The molecule has 1 aliphatic rings. The number of halogens is 1. The van der Waals surface area contributed by atoms with Crippen molar-refractivity contribution < 1.29 is 9.84 Å². The molecule has 0 radical (unpaired) electrons. The Morgan fingerprint density at radius 1 is 1.10 bits per heavy atom. The fraction of sp³-hybridized carbons (Fsp3) is 0.294. The molecule has 0 aliphatic carbocycles. The fourth-order valence-corrected chi connectivity index (χ4v) is 2.81. The first kappa shape index (κ1) is 14.4. The summed E-state index contributed by atoms with van der Waals surface area (Å²) in [6.45, 7) is 2.16. The number of aliphatic hydroxyl groups excluding tert-OH is 1. The molecule has 2 aromatic rings. The summed E-state index contributed by atoms with van der Waals surface area (Å²) in [4.78, 5) is 2.20. The maximum Gasteiger partial charge on any atom is 0.138 e. The summed E-state index contributed by atoms with van der Waals surface area (Å²) in [7, 11) is 0. The molecule has 1 N–H and O–H groups in total. The van der Waals surface area contributed by atoms with Crippen LogP contribution in [0.25, 0.3) is 0 Å². The summed E-state index contributed by atoms with van der Waals surface area (Å²) >= 11 is 5.95. The summed E-state index contributed by atoms with van der Waals surface area (Å²) in [5.74, 6) is 0.702. The number of benzene rings is 2. The van der Waals surface area contributed by atoms with Crippen LogP contribution in [0.3, 0.4) is 0 Å². The van der Waals surface area contributed by atoms with Crippen LogP contribution in [-0.4, -0.2) is 35.3 Å². The molecular weight excluding hydrogens is 286 g/mol. The standard InChI is InChI=1S/C17H18ClNO2/c18-14-7-4-8-15(9-14)21-17-12-19(11-16(17)20)10-13-5-2-1-3-6-13/h1-9,16-17,20H,10-12H2. The molecule has 0 amide bonds. The van der Waals surface area contributed by atoms with Gasteiger partial charge in [0.15, 0.2) is 0 Å². The monoisotopic (exact) mass is 303 g/mol. The van der Waals surface area contributed by atoms with E-state index in [1.807, 2.05) is 30.3 Å². The lowest BCUT2D eigenvalue weighted by Crippen LogP contribution is -2.29. The Morgan fingerprint density at radius 2 is 1.90 bits per heavy atom. The zero-order valence-corrected chi connectivity index (χ0v) is 12.4. The van der Waals surface area contributed by atoms with E-state index in [1.165, 1.54) is 5.56 Å². The van der Waals surface area contributed by atoms with E-state index in [0.717, 1.165) is 6.54 Å². The van der Waals surface area contributed by atoms with Gasteiger partial charge in [-0.2, -0.15) is 0 Å². The van der Waals surface area contributed by atoms with Crippen LogP contribution < -0.4 is 4.74 Å². The molecule has 1 aliphatic heterocycles. The Hall–Kier alpha value is -1.55. The van der Waals surface area contributed by atoms with Crippen LogP contribution in [0.2, 0.25) is 5.02 Å². The average molecular weight is 304 g/mol. The van der Waals surface area contributed by atoms with Crippen LogP contribution in [0.1, 0.15) is 5.56 Å².